The molecule has 72 valence electrons. The summed E-state index contributed by atoms with van der Waals surface area (Å²) in [6.07, 6.45) is 3.78. The minimum absolute atomic E-state index is 0.258. The van der Waals surface area contributed by atoms with E-state index in [0.717, 1.165) is 0 Å². The largest absolute Gasteiger partial charge is 0.197 e. The summed E-state index contributed by atoms with van der Waals surface area (Å²) in [6.45, 7) is 9.72. The van der Waals surface area contributed by atoms with Crippen molar-refractivity contribution in [1.82, 2.24) is 0 Å². The Balaban J connectivity index is 3.32. The van der Waals surface area contributed by atoms with Gasteiger partial charge in [0.1, 0.15) is 0 Å². The molecule has 2 nitrogen and oxygen atoms in total. The first-order valence-electron chi connectivity index (χ1n) is 4.58. The van der Waals surface area contributed by atoms with E-state index in [0.29, 0.717) is 5.57 Å². The third-order valence-corrected chi connectivity index (χ3v) is 3.37. The molecule has 0 amide bonds. The maximum absolute atomic E-state index is 9.22. The first-order chi connectivity index (χ1) is 6.39. The standard InChI is InChI=1S/C12H14N2/c1-9-10(7-13)5-6-11(2,3)12(9,4)8-14/h5-6,10H,1H2,2-4H3. The van der Waals surface area contributed by atoms with Crippen LogP contribution in [-0.2, 0) is 0 Å². The molecular weight excluding hydrogens is 172 g/mol. The van der Waals surface area contributed by atoms with Crippen molar-refractivity contribution in [2.24, 2.45) is 16.7 Å². The van der Waals surface area contributed by atoms with Gasteiger partial charge in [0.05, 0.1) is 23.5 Å². The molecule has 14 heavy (non-hydrogen) atoms. The average molecular weight is 186 g/mol. The highest BCUT2D eigenvalue weighted by Crippen LogP contribution is 2.50. The van der Waals surface area contributed by atoms with Crippen molar-refractivity contribution in [1.29, 1.82) is 10.5 Å². The second-order valence-electron chi connectivity index (χ2n) is 4.45. The summed E-state index contributed by atoms with van der Waals surface area (Å²) in [5.41, 5.74) is -0.205. The van der Waals surface area contributed by atoms with E-state index in [1.807, 2.05) is 32.9 Å². The molecule has 1 aliphatic carbocycles. The molecule has 0 bridgehead atoms. The van der Waals surface area contributed by atoms with Gasteiger partial charge in [-0.3, -0.25) is 0 Å². The first kappa shape index (κ1) is 10.5. The number of nitriles is 2. The van der Waals surface area contributed by atoms with E-state index >= 15 is 0 Å². The molecule has 0 saturated carbocycles. The van der Waals surface area contributed by atoms with Gasteiger partial charge in [-0.05, 0) is 12.5 Å². The molecule has 0 aromatic heterocycles. The molecule has 0 fully saturated rings. The fraction of sp³-hybridized carbons (Fsp3) is 0.500. The van der Waals surface area contributed by atoms with Crippen LogP contribution >= 0.6 is 0 Å². The van der Waals surface area contributed by atoms with Crippen molar-refractivity contribution in [3.8, 4) is 12.1 Å². The molecule has 0 aromatic rings. The normalized spacial score (nSPS) is 34.6. The van der Waals surface area contributed by atoms with Crippen LogP contribution < -0.4 is 0 Å². The smallest absolute Gasteiger partial charge is 0.0866 e. The molecule has 0 aromatic carbocycles. The first-order valence-corrected chi connectivity index (χ1v) is 4.58. The highest BCUT2D eigenvalue weighted by atomic mass is 14.5. The zero-order chi connectivity index (χ0) is 11.0. The van der Waals surface area contributed by atoms with Gasteiger partial charge in [-0.2, -0.15) is 10.5 Å². The minimum Gasteiger partial charge on any atom is -0.197 e. The number of rotatable bonds is 0. The van der Waals surface area contributed by atoms with Crippen molar-refractivity contribution >= 4 is 0 Å². The molecule has 2 unspecified atom stereocenters. The third kappa shape index (κ3) is 1.16. The van der Waals surface area contributed by atoms with E-state index in [1.54, 1.807) is 0 Å². The van der Waals surface area contributed by atoms with Gasteiger partial charge in [0, 0.05) is 5.41 Å². The van der Waals surface area contributed by atoms with Gasteiger partial charge in [-0.25, -0.2) is 0 Å². The number of nitrogens with zero attached hydrogens (tertiary/aromatic N) is 2. The maximum Gasteiger partial charge on any atom is 0.0866 e. The lowest BCUT2D eigenvalue weighted by molar-refractivity contribution is 0.243. The molecule has 0 N–H and O–H groups in total. The molecule has 1 rings (SSSR count). The molecule has 1 aliphatic rings. The third-order valence-electron chi connectivity index (χ3n) is 3.37. The van der Waals surface area contributed by atoms with Crippen LogP contribution in [0, 0.1) is 39.4 Å². The Morgan fingerprint density at radius 3 is 2.36 bits per heavy atom. The average Bonchev–Trinajstić information content (AvgIpc) is 2.15. The van der Waals surface area contributed by atoms with Crippen LogP contribution in [0.15, 0.2) is 24.3 Å². The van der Waals surface area contributed by atoms with E-state index < -0.39 is 5.41 Å². The van der Waals surface area contributed by atoms with E-state index in [2.05, 4.69) is 18.7 Å². The van der Waals surface area contributed by atoms with Gasteiger partial charge >= 0.3 is 0 Å². The van der Waals surface area contributed by atoms with E-state index in [1.165, 1.54) is 0 Å². The Kier molecular flexibility index (Phi) is 2.26. The Labute approximate surface area is 85.2 Å². The lowest BCUT2D eigenvalue weighted by atomic mass is 9.58. The van der Waals surface area contributed by atoms with Gasteiger partial charge in [0.25, 0.3) is 0 Å². The Morgan fingerprint density at radius 1 is 1.36 bits per heavy atom. The van der Waals surface area contributed by atoms with Crippen molar-refractivity contribution in [2.45, 2.75) is 20.8 Å². The molecule has 0 spiro atoms. The van der Waals surface area contributed by atoms with Gasteiger partial charge < -0.3 is 0 Å². The van der Waals surface area contributed by atoms with Crippen LogP contribution in [-0.4, -0.2) is 0 Å². The van der Waals surface area contributed by atoms with Crippen molar-refractivity contribution in [3.63, 3.8) is 0 Å². The van der Waals surface area contributed by atoms with Crippen LogP contribution in [0.1, 0.15) is 20.8 Å². The van der Waals surface area contributed by atoms with Gasteiger partial charge in [0.2, 0.25) is 0 Å². The van der Waals surface area contributed by atoms with E-state index in [-0.39, 0.29) is 11.3 Å². The van der Waals surface area contributed by atoms with Crippen molar-refractivity contribution < 1.29 is 0 Å². The van der Waals surface area contributed by atoms with Crippen LogP contribution in [0.2, 0.25) is 0 Å². The highest BCUT2D eigenvalue weighted by Gasteiger charge is 2.46. The summed E-state index contributed by atoms with van der Waals surface area (Å²) in [4.78, 5) is 0. The van der Waals surface area contributed by atoms with Crippen molar-refractivity contribution in [3.05, 3.63) is 24.3 Å². The van der Waals surface area contributed by atoms with Crippen LogP contribution in [0.4, 0.5) is 0 Å². The topological polar surface area (TPSA) is 47.6 Å². The summed E-state index contributed by atoms with van der Waals surface area (Å²) in [5.74, 6) is -0.326. The lowest BCUT2D eigenvalue weighted by Crippen LogP contribution is -2.38. The second kappa shape index (κ2) is 3.00. The summed E-state index contributed by atoms with van der Waals surface area (Å²) < 4.78 is 0. The quantitative estimate of drug-likeness (QED) is 0.546. The monoisotopic (exact) mass is 186 g/mol. The number of hydrogen-bond acceptors (Lipinski definition) is 2. The van der Waals surface area contributed by atoms with Gasteiger partial charge in [-0.15, -0.1) is 0 Å². The zero-order valence-corrected chi connectivity index (χ0v) is 8.83. The SMILES string of the molecule is C=C1C(C#N)C=CC(C)(C)C1(C)C#N. The minimum atomic E-state index is -0.651. The zero-order valence-electron chi connectivity index (χ0n) is 8.83. The fourth-order valence-corrected chi connectivity index (χ4v) is 1.68. The molecular formula is C12H14N2. The predicted molar refractivity (Wildman–Crippen MR) is 54.9 cm³/mol. The van der Waals surface area contributed by atoms with Crippen LogP contribution in [0.3, 0.4) is 0 Å². The van der Waals surface area contributed by atoms with Crippen LogP contribution in [0.25, 0.3) is 0 Å². The molecule has 2 atom stereocenters. The number of allylic oxidation sites excluding steroid dienone is 3. The molecule has 0 aliphatic heterocycles. The second-order valence-corrected chi connectivity index (χ2v) is 4.45. The molecule has 0 saturated heterocycles. The summed E-state index contributed by atoms with van der Waals surface area (Å²) in [7, 11) is 0. The van der Waals surface area contributed by atoms with E-state index in [4.69, 9.17) is 5.26 Å². The van der Waals surface area contributed by atoms with Gasteiger partial charge in [0.15, 0.2) is 0 Å². The fourth-order valence-electron chi connectivity index (χ4n) is 1.68. The summed E-state index contributed by atoms with van der Waals surface area (Å²) in [5, 5.41) is 18.1. The van der Waals surface area contributed by atoms with E-state index in [9.17, 15) is 5.26 Å². The predicted octanol–water partition coefficient (Wildman–Crippen LogP) is 2.81. The maximum atomic E-state index is 9.22. The highest BCUT2D eigenvalue weighted by molar-refractivity contribution is 5.38. The molecule has 0 radical (unpaired) electrons. The van der Waals surface area contributed by atoms with Gasteiger partial charge in [-0.1, -0.05) is 32.6 Å². The van der Waals surface area contributed by atoms with Crippen LogP contribution in [0.5, 0.6) is 0 Å². The van der Waals surface area contributed by atoms with Crippen molar-refractivity contribution in [2.75, 3.05) is 0 Å². The molecule has 0 heterocycles. The Bertz CT molecular complexity index is 376. The number of hydrogen-bond donors (Lipinski definition) is 0. The Morgan fingerprint density at radius 2 is 1.93 bits per heavy atom. The summed E-state index contributed by atoms with van der Waals surface area (Å²) in [6, 6.07) is 4.43. The molecule has 2 heteroatoms. The Hall–Kier alpha value is -1.54. The lowest BCUT2D eigenvalue weighted by Gasteiger charge is -2.42. The summed E-state index contributed by atoms with van der Waals surface area (Å²) >= 11 is 0.